The number of hydrogen-bond donors (Lipinski definition) is 0. The van der Waals surface area contributed by atoms with Gasteiger partial charge in [0, 0.05) is 23.9 Å². The van der Waals surface area contributed by atoms with E-state index >= 15 is 0 Å². The van der Waals surface area contributed by atoms with Gasteiger partial charge < -0.3 is 14.2 Å². The number of ether oxygens (including phenoxy) is 3. The molecular formula is C11H13BrO3. The molecule has 4 heteroatoms. The number of methoxy groups -OCH3 is 1. The van der Waals surface area contributed by atoms with E-state index in [1.807, 2.05) is 26.0 Å². The molecule has 0 radical (unpaired) electrons. The summed E-state index contributed by atoms with van der Waals surface area (Å²) < 4.78 is 17.5. The summed E-state index contributed by atoms with van der Waals surface area (Å²) >= 11 is 3.42. The molecule has 0 aromatic heterocycles. The standard InChI is InChI=1S/C11H13BrO3/c1-11(2)14-6-7-4-8(12)5-9(13-3)10(7)15-11/h4-5H,6H2,1-3H3. The highest BCUT2D eigenvalue weighted by molar-refractivity contribution is 9.10. The summed E-state index contributed by atoms with van der Waals surface area (Å²) in [6, 6.07) is 3.87. The van der Waals surface area contributed by atoms with Crippen molar-refractivity contribution < 1.29 is 14.2 Å². The van der Waals surface area contributed by atoms with E-state index in [1.165, 1.54) is 0 Å². The Bertz CT molecular complexity index is 370. The average molecular weight is 273 g/mol. The monoisotopic (exact) mass is 272 g/mol. The van der Waals surface area contributed by atoms with Gasteiger partial charge in [0.05, 0.1) is 13.7 Å². The van der Waals surface area contributed by atoms with Crippen molar-refractivity contribution in [2.75, 3.05) is 7.11 Å². The third-order valence-electron chi connectivity index (χ3n) is 2.24. The highest BCUT2D eigenvalue weighted by Crippen LogP contribution is 2.40. The second kappa shape index (κ2) is 3.68. The summed E-state index contributed by atoms with van der Waals surface area (Å²) in [7, 11) is 1.63. The SMILES string of the molecule is COc1cc(Br)cc2c1OC(C)(C)OC2. The summed E-state index contributed by atoms with van der Waals surface area (Å²) in [5.74, 6) is 0.918. The molecule has 1 aromatic rings. The van der Waals surface area contributed by atoms with E-state index < -0.39 is 5.79 Å². The van der Waals surface area contributed by atoms with Gasteiger partial charge in [-0.05, 0) is 12.1 Å². The van der Waals surface area contributed by atoms with Crippen molar-refractivity contribution in [2.24, 2.45) is 0 Å². The summed E-state index contributed by atoms with van der Waals surface area (Å²) in [5.41, 5.74) is 1.00. The van der Waals surface area contributed by atoms with Crippen molar-refractivity contribution in [1.82, 2.24) is 0 Å². The summed E-state index contributed by atoms with van der Waals surface area (Å²) in [6.45, 7) is 4.31. The van der Waals surface area contributed by atoms with Crippen LogP contribution in [0, 0.1) is 0 Å². The second-order valence-electron chi connectivity index (χ2n) is 3.89. The summed E-state index contributed by atoms with van der Waals surface area (Å²) in [4.78, 5) is 0. The van der Waals surface area contributed by atoms with Crippen LogP contribution in [0.25, 0.3) is 0 Å². The van der Waals surface area contributed by atoms with Crippen LogP contribution in [0.5, 0.6) is 11.5 Å². The molecule has 0 unspecified atom stereocenters. The van der Waals surface area contributed by atoms with Crippen LogP contribution in [0.2, 0.25) is 0 Å². The van der Waals surface area contributed by atoms with Gasteiger partial charge in [0.2, 0.25) is 5.79 Å². The molecule has 0 fully saturated rings. The Morgan fingerprint density at radius 1 is 1.40 bits per heavy atom. The number of hydrogen-bond acceptors (Lipinski definition) is 3. The van der Waals surface area contributed by atoms with Crippen molar-refractivity contribution in [3.8, 4) is 11.5 Å². The Morgan fingerprint density at radius 2 is 2.13 bits per heavy atom. The Balaban J connectivity index is 2.48. The minimum atomic E-state index is -0.589. The third kappa shape index (κ3) is 2.11. The Hall–Kier alpha value is -0.740. The number of halogens is 1. The lowest BCUT2D eigenvalue weighted by molar-refractivity contribution is -0.180. The first-order valence-electron chi connectivity index (χ1n) is 4.71. The third-order valence-corrected chi connectivity index (χ3v) is 2.70. The normalized spacial score (nSPS) is 17.9. The first-order chi connectivity index (χ1) is 7.02. The van der Waals surface area contributed by atoms with Crippen molar-refractivity contribution in [2.45, 2.75) is 26.2 Å². The second-order valence-corrected chi connectivity index (χ2v) is 4.80. The maximum absolute atomic E-state index is 5.73. The van der Waals surface area contributed by atoms with Crippen LogP contribution in [0.15, 0.2) is 16.6 Å². The molecule has 1 heterocycles. The Kier molecular flexibility index (Phi) is 2.64. The van der Waals surface area contributed by atoms with E-state index in [2.05, 4.69) is 15.9 Å². The highest BCUT2D eigenvalue weighted by Gasteiger charge is 2.29. The van der Waals surface area contributed by atoms with Gasteiger partial charge in [-0.15, -0.1) is 0 Å². The van der Waals surface area contributed by atoms with E-state index in [4.69, 9.17) is 14.2 Å². The van der Waals surface area contributed by atoms with E-state index in [0.717, 1.165) is 21.5 Å². The number of rotatable bonds is 1. The molecule has 1 aliphatic heterocycles. The summed E-state index contributed by atoms with van der Waals surface area (Å²) in [6.07, 6.45) is 0. The van der Waals surface area contributed by atoms with Gasteiger partial charge in [-0.2, -0.15) is 0 Å². The molecule has 1 aliphatic rings. The first-order valence-corrected chi connectivity index (χ1v) is 5.50. The molecule has 0 spiro atoms. The largest absolute Gasteiger partial charge is 0.493 e. The van der Waals surface area contributed by atoms with Crippen LogP contribution in [0.1, 0.15) is 19.4 Å². The zero-order valence-electron chi connectivity index (χ0n) is 8.96. The Labute approximate surface area is 97.5 Å². The molecule has 0 saturated heterocycles. The predicted octanol–water partition coefficient (Wildman–Crippen LogP) is 3.10. The highest BCUT2D eigenvalue weighted by atomic mass is 79.9. The molecule has 0 aliphatic carbocycles. The van der Waals surface area contributed by atoms with E-state index in [9.17, 15) is 0 Å². The van der Waals surface area contributed by atoms with E-state index in [1.54, 1.807) is 7.11 Å². The fraction of sp³-hybridized carbons (Fsp3) is 0.455. The quantitative estimate of drug-likeness (QED) is 0.786. The molecule has 15 heavy (non-hydrogen) atoms. The van der Waals surface area contributed by atoms with Crippen molar-refractivity contribution in [3.63, 3.8) is 0 Å². The van der Waals surface area contributed by atoms with Gasteiger partial charge in [-0.3, -0.25) is 0 Å². The van der Waals surface area contributed by atoms with Crippen LogP contribution in [-0.4, -0.2) is 12.9 Å². The maximum atomic E-state index is 5.73. The zero-order valence-corrected chi connectivity index (χ0v) is 10.6. The van der Waals surface area contributed by atoms with Gasteiger partial charge >= 0.3 is 0 Å². The number of fused-ring (bicyclic) bond motifs is 1. The Morgan fingerprint density at radius 3 is 2.80 bits per heavy atom. The average Bonchev–Trinajstić information content (AvgIpc) is 2.17. The van der Waals surface area contributed by atoms with Crippen molar-refractivity contribution >= 4 is 15.9 Å². The van der Waals surface area contributed by atoms with E-state index in [-0.39, 0.29) is 0 Å². The minimum absolute atomic E-state index is 0.540. The maximum Gasteiger partial charge on any atom is 0.205 e. The summed E-state index contributed by atoms with van der Waals surface area (Å²) in [5, 5.41) is 0. The van der Waals surface area contributed by atoms with Crippen LogP contribution < -0.4 is 9.47 Å². The molecular weight excluding hydrogens is 260 g/mol. The molecule has 1 aromatic carbocycles. The fourth-order valence-corrected chi connectivity index (χ4v) is 2.01. The molecule has 0 atom stereocenters. The van der Waals surface area contributed by atoms with Gasteiger partial charge in [0.25, 0.3) is 0 Å². The molecule has 0 amide bonds. The lowest BCUT2D eigenvalue weighted by Crippen LogP contribution is -2.35. The molecule has 0 bridgehead atoms. The van der Waals surface area contributed by atoms with Crippen LogP contribution in [0.3, 0.4) is 0 Å². The van der Waals surface area contributed by atoms with Gasteiger partial charge in [-0.1, -0.05) is 15.9 Å². The first kappa shape index (κ1) is 10.8. The van der Waals surface area contributed by atoms with Crippen molar-refractivity contribution in [1.29, 1.82) is 0 Å². The molecule has 0 N–H and O–H groups in total. The molecule has 2 rings (SSSR count). The number of benzene rings is 1. The van der Waals surface area contributed by atoms with Crippen LogP contribution in [-0.2, 0) is 11.3 Å². The lowest BCUT2D eigenvalue weighted by atomic mass is 10.1. The van der Waals surface area contributed by atoms with Crippen LogP contribution >= 0.6 is 15.9 Å². The lowest BCUT2D eigenvalue weighted by Gasteiger charge is -2.33. The molecule has 3 nitrogen and oxygen atoms in total. The molecule has 0 saturated carbocycles. The zero-order chi connectivity index (χ0) is 11.1. The smallest absolute Gasteiger partial charge is 0.205 e. The van der Waals surface area contributed by atoms with Gasteiger partial charge in [-0.25, -0.2) is 0 Å². The minimum Gasteiger partial charge on any atom is -0.493 e. The van der Waals surface area contributed by atoms with Crippen molar-refractivity contribution in [3.05, 3.63) is 22.2 Å². The van der Waals surface area contributed by atoms with E-state index in [0.29, 0.717) is 6.61 Å². The topological polar surface area (TPSA) is 27.7 Å². The van der Waals surface area contributed by atoms with Crippen LogP contribution in [0.4, 0.5) is 0 Å². The van der Waals surface area contributed by atoms with Gasteiger partial charge in [0.1, 0.15) is 0 Å². The predicted molar refractivity (Wildman–Crippen MR) is 60.2 cm³/mol. The molecule has 82 valence electrons. The van der Waals surface area contributed by atoms with Gasteiger partial charge in [0.15, 0.2) is 11.5 Å². The fourth-order valence-electron chi connectivity index (χ4n) is 1.52.